The summed E-state index contributed by atoms with van der Waals surface area (Å²) in [6, 6.07) is 8.64. The highest BCUT2D eigenvalue weighted by molar-refractivity contribution is 7.89. The molecule has 1 aliphatic rings. The van der Waals surface area contributed by atoms with E-state index in [9.17, 15) is 17.6 Å². The Bertz CT molecular complexity index is 878. The van der Waals surface area contributed by atoms with Crippen molar-refractivity contribution in [2.24, 2.45) is 0 Å². The molecular formula is C18H19FN2O3S2. The van der Waals surface area contributed by atoms with Crippen LogP contribution in [-0.4, -0.2) is 49.7 Å². The van der Waals surface area contributed by atoms with Crippen LogP contribution < -0.4 is 0 Å². The van der Waals surface area contributed by atoms with Crippen molar-refractivity contribution in [3.63, 3.8) is 0 Å². The molecule has 138 valence electrons. The molecule has 8 heteroatoms. The fourth-order valence-electron chi connectivity index (χ4n) is 2.76. The van der Waals surface area contributed by atoms with Gasteiger partial charge < -0.3 is 4.90 Å². The Balaban J connectivity index is 1.66. The van der Waals surface area contributed by atoms with Gasteiger partial charge in [0.05, 0.1) is 4.90 Å². The van der Waals surface area contributed by atoms with Crippen molar-refractivity contribution in [3.05, 3.63) is 58.5 Å². The lowest BCUT2D eigenvalue weighted by Crippen LogP contribution is -2.36. The monoisotopic (exact) mass is 394 g/mol. The Morgan fingerprint density at radius 3 is 2.54 bits per heavy atom. The van der Waals surface area contributed by atoms with E-state index >= 15 is 0 Å². The van der Waals surface area contributed by atoms with E-state index in [1.807, 2.05) is 17.5 Å². The van der Waals surface area contributed by atoms with Crippen molar-refractivity contribution in [1.29, 1.82) is 0 Å². The highest BCUT2D eigenvalue weighted by atomic mass is 32.2. The molecule has 0 atom stereocenters. The number of halogens is 1. The maximum Gasteiger partial charge on any atom is 0.246 e. The molecule has 0 unspecified atom stereocenters. The third-order valence-electron chi connectivity index (χ3n) is 4.15. The topological polar surface area (TPSA) is 57.7 Å². The number of carbonyl (C=O) groups excluding carboxylic acids is 1. The van der Waals surface area contributed by atoms with Crippen LogP contribution in [0.25, 0.3) is 6.08 Å². The van der Waals surface area contributed by atoms with Gasteiger partial charge in [0, 0.05) is 37.1 Å². The van der Waals surface area contributed by atoms with E-state index in [4.69, 9.17) is 0 Å². The number of sulfonamides is 1. The minimum atomic E-state index is -3.69. The third kappa shape index (κ3) is 4.38. The van der Waals surface area contributed by atoms with Gasteiger partial charge in [0.15, 0.2) is 0 Å². The van der Waals surface area contributed by atoms with E-state index in [1.165, 1.54) is 22.5 Å². The number of carbonyl (C=O) groups is 1. The minimum Gasteiger partial charge on any atom is -0.338 e. The molecule has 2 aromatic rings. The van der Waals surface area contributed by atoms with Gasteiger partial charge in [0.25, 0.3) is 0 Å². The van der Waals surface area contributed by atoms with Crippen LogP contribution in [0.5, 0.6) is 0 Å². The molecule has 3 rings (SSSR count). The first-order chi connectivity index (χ1) is 12.5. The fraction of sp³-hybridized carbons (Fsp3) is 0.278. The molecule has 26 heavy (non-hydrogen) atoms. The second-order valence-corrected chi connectivity index (χ2v) is 8.80. The normalized spacial score (nSPS) is 16.7. The molecule has 0 spiro atoms. The molecule has 0 saturated carbocycles. The van der Waals surface area contributed by atoms with Gasteiger partial charge in [-0.2, -0.15) is 4.31 Å². The van der Waals surface area contributed by atoms with Crippen LogP contribution in [0.1, 0.15) is 11.3 Å². The number of amides is 1. The zero-order chi connectivity index (χ0) is 18.6. The first-order valence-corrected chi connectivity index (χ1v) is 10.5. The first-order valence-electron chi connectivity index (χ1n) is 8.23. The van der Waals surface area contributed by atoms with Crippen LogP contribution in [0.15, 0.2) is 52.7 Å². The smallest absolute Gasteiger partial charge is 0.246 e. The Kier molecular flexibility index (Phi) is 5.85. The molecule has 2 heterocycles. The van der Waals surface area contributed by atoms with Crippen LogP contribution in [0.2, 0.25) is 0 Å². The molecule has 1 amide bonds. The number of benzene rings is 1. The van der Waals surface area contributed by atoms with Crippen LogP contribution in [0.3, 0.4) is 0 Å². The molecule has 0 N–H and O–H groups in total. The van der Waals surface area contributed by atoms with E-state index in [0.29, 0.717) is 26.1 Å². The molecule has 1 fully saturated rings. The van der Waals surface area contributed by atoms with Gasteiger partial charge >= 0.3 is 0 Å². The summed E-state index contributed by atoms with van der Waals surface area (Å²) in [6.45, 7) is 1.38. The van der Waals surface area contributed by atoms with Crippen LogP contribution in [-0.2, 0) is 14.8 Å². The fourth-order valence-corrected chi connectivity index (χ4v) is 4.84. The highest BCUT2D eigenvalue weighted by Crippen LogP contribution is 2.18. The van der Waals surface area contributed by atoms with Gasteiger partial charge in [0.2, 0.25) is 15.9 Å². The van der Waals surface area contributed by atoms with E-state index in [0.717, 1.165) is 17.0 Å². The number of nitrogens with zero attached hydrogens (tertiary/aromatic N) is 2. The predicted molar refractivity (Wildman–Crippen MR) is 99.7 cm³/mol. The maximum absolute atomic E-state index is 13.0. The summed E-state index contributed by atoms with van der Waals surface area (Å²) >= 11 is 1.55. The second kappa shape index (κ2) is 8.11. The lowest BCUT2D eigenvalue weighted by Gasteiger charge is -2.21. The van der Waals surface area contributed by atoms with Crippen molar-refractivity contribution < 1.29 is 17.6 Å². The standard InChI is InChI=1S/C18H19FN2O3S2/c19-15-4-7-17(8-5-15)26(23,24)21-11-2-10-20(12-13-21)18(22)9-6-16-3-1-14-25-16/h1,3-9,14H,2,10-13H2/b9-6+. The zero-order valence-corrected chi connectivity index (χ0v) is 15.7. The van der Waals surface area contributed by atoms with Gasteiger partial charge in [-0.05, 0) is 48.2 Å². The van der Waals surface area contributed by atoms with Crippen molar-refractivity contribution >= 4 is 33.3 Å². The summed E-state index contributed by atoms with van der Waals surface area (Å²) in [5.74, 6) is -0.603. The number of thiophene rings is 1. The predicted octanol–water partition coefficient (Wildman–Crippen LogP) is 2.82. The molecule has 0 bridgehead atoms. The average molecular weight is 394 g/mol. The van der Waals surface area contributed by atoms with E-state index in [2.05, 4.69) is 0 Å². The maximum atomic E-state index is 13.0. The van der Waals surface area contributed by atoms with E-state index in [-0.39, 0.29) is 17.3 Å². The van der Waals surface area contributed by atoms with E-state index < -0.39 is 15.8 Å². The zero-order valence-electron chi connectivity index (χ0n) is 14.0. The van der Waals surface area contributed by atoms with Crippen molar-refractivity contribution in [2.75, 3.05) is 26.2 Å². The SMILES string of the molecule is O=C(/C=C/c1cccs1)N1CCCN(S(=O)(=O)c2ccc(F)cc2)CC1. The molecular weight excluding hydrogens is 375 g/mol. The lowest BCUT2D eigenvalue weighted by molar-refractivity contribution is -0.125. The number of hydrogen-bond donors (Lipinski definition) is 0. The molecule has 5 nitrogen and oxygen atoms in total. The minimum absolute atomic E-state index is 0.0660. The molecule has 1 aromatic carbocycles. The van der Waals surface area contributed by atoms with Gasteiger partial charge in [-0.3, -0.25) is 4.79 Å². The summed E-state index contributed by atoms with van der Waals surface area (Å²) in [5, 5.41) is 1.94. The Morgan fingerprint density at radius 2 is 1.85 bits per heavy atom. The van der Waals surface area contributed by atoms with Crippen LogP contribution in [0, 0.1) is 5.82 Å². The molecule has 0 aliphatic carbocycles. The number of hydrogen-bond acceptors (Lipinski definition) is 4. The first kappa shape index (κ1) is 18.8. The number of rotatable bonds is 4. The Labute approximate surface area is 156 Å². The van der Waals surface area contributed by atoms with Gasteiger partial charge in [-0.1, -0.05) is 6.07 Å². The average Bonchev–Trinajstić information content (AvgIpc) is 3.01. The van der Waals surface area contributed by atoms with E-state index in [1.54, 1.807) is 22.3 Å². The highest BCUT2D eigenvalue weighted by Gasteiger charge is 2.27. The van der Waals surface area contributed by atoms with Gasteiger partial charge in [-0.15, -0.1) is 11.3 Å². The largest absolute Gasteiger partial charge is 0.338 e. The Morgan fingerprint density at radius 1 is 1.08 bits per heavy atom. The summed E-state index contributed by atoms with van der Waals surface area (Å²) in [6.07, 6.45) is 3.85. The molecule has 1 aliphatic heterocycles. The van der Waals surface area contributed by atoms with Crippen molar-refractivity contribution in [3.8, 4) is 0 Å². The molecule has 1 saturated heterocycles. The summed E-state index contributed by atoms with van der Waals surface area (Å²) in [7, 11) is -3.69. The Hall–Kier alpha value is -2.03. The summed E-state index contributed by atoms with van der Waals surface area (Å²) in [4.78, 5) is 15.1. The molecule has 0 radical (unpaired) electrons. The molecule has 1 aromatic heterocycles. The van der Waals surface area contributed by atoms with Crippen molar-refractivity contribution in [1.82, 2.24) is 9.21 Å². The third-order valence-corrected chi connectivity index (χ3v) is 6.90. The quantitative estimate of drug-likeness (QED) is 0.750. The summed E-state index contributed by atoms with van der Waals surface area (Å²) in [5.41, 5.74) is 0. The lowest BCUT2D eigenvalue weighted by atomic mass is 10.3. The van der Waals surface area contributed by atoms with Crippen LogP contribution in [0.4, 0.5) is 4.39 Å². The second-order valence-electron chi connectivity index (χ2n) is 5.89. The van der Waals surface area contributed by atoms with Crippen LogP contribution >= 0.6 is 11.3 Å². The van der Waals surface area contributed by atoms with Gasteiger partial charge in [0.1, 0.15) is 5.82 Å². The van der Waals surface area contributed by atoms with Gasteiger partial charge in [-0.25, -0.2) is 12.8 Å². The van der Waals surface area contributed by atoms with Crippen molar-refractivity contribution in [2.45, 2.75) is 11.3 Å². The summed E-state index contributed by atoms with van der Waals surface area (Å²) < 4.78 is 39.8.